The zero-order valence-electron chi connectivity index (χ0n) is 8.62. The van der Waals surface area contributed by atoms with Gasteiger partial charge in [-0.15, -0.1) is 0 Å². The molecule has 0 aromatic rings. The number of hydrogen-bond donors (Lipinski definition) is 0. The number of ether oxygens (including phenoxy) is 3. The SMILES string of the molecule is CCC1OC1COCCCCOC. The van der Waals surface area contributed by atoms with Gasteiger partial charge in [0.25, 0.3) is 0 Å². The predicted octanol–water partition coefficient (Wildman–Crippen LogP) is 1.61. The molecule has 1 saturated heterocycles. The number of methoxy groups -OCH3 is 1. The maximum Gasteiger partial charge on any atom is 0.107 e. The van der Waals surface area contributed by atoms with E-state index in [2.05, 4.69) is 6.92 Å². The van der Waals surface area contributed by atoms with Crippen molar-refractivity contribution in [3.8, 4) is 0 Å². The normalized spacial score (nSPS) is 26.3. The highest BCUT2D eigenvalue weighted by Gasteiger charge is 2.36. The van der Waals surface area contributed by atoms with Crippen LogP contribution < -0.4 is 0 Å². The molecule has 3 heteroatoms. The first-order chi connectivity index (χ1) is 6.38. The summed E-state index contributed by atoms with van der Waals surface area (Å²) in [4.78, 5) is 0. The Balaban J connectivity index is 1.75. The van der Waals surface area contributed by atoms with E-state index >= 15 is 0 Å². The Morgan fingerprint density at radius 3 is 2.54 bits per heavy atom. The fraction of sp³-hybridized carbons (Fsp3) is 1.00. The Morgan fingerprint density at radius 1 is 1.15 bits per heavy atom. The lowest BCUT2D eigenvalue weighted by Gasteiger charge is -2.01. The van der Waals surface area contributed by atoms with E-state index in [-0.39, 0.29) is 0 Å². The third-order valence-electron chi connectivity index (χ3n) is 2.26. The minimum absolute atomic E-state index is 0.382. The van der Waals surface area contributed by atoms with Crippen LogP contribution in [0.4, 0.5) is 0 Å². The summed E-state index contributed by atoms with van der Waals surface area (Å²) < 4.78 is 15.7. The first-order valence-electron chi connectivity index (χ1n) is 5.10. The molecule has 0 aromatic heterocycles. The van der Waals surface area contributed by atoms with Crippen LogP contribution in [0, 0.1) is 0 Å². The van der Waals surface area contributed by atoms with E-state index in [0.29, 0.717) is 12.2 Å². The van der Waals surface area contributed by atoms with Gasteiger partial charge in [-0.05, 0) is 19.3 Å². The van der Waals surface area contributed by atoms with Gasteiger partial charge in [0.05, 0.1) is 12.7 Å². The molecule has 13 heavy (non-hydrogen) atoms. The number of unbranched alkanes of at least 4 members (excludes halogenated alkanes) is 1. The summed E-state index contributed by atoms with van der Waals surface area (Å²) in [6.07, 6.45) is 4.13. The standard InChI is InChI=1S/C10H20O3/c1-3-9-10(13-9)8-12-7-5-4-6-11-2/h9-10H,3-8H2,1-2H3. The highest BCUT2D eigenvalue weighted by atomic mass is 16.6. The molecule has 1 aliphatic heterocycles. The van der Waals surface area contributed by atoms with E-state index in [0.717, 1.165) is 39.1 Å². The van der Waals surface area contributed by atoms with E-state index in [1.54, 1.807) is 7.11 Å². The van der Waals surface area contributed by atoms with Crippen molar-refractivity contribution in [2.75, 3.05) is 26.9 Å². The maximum absolute atomic E-state index is 5.46. The molecule has 0 aromatic carbocycles. The third-order valence-corrected chi connectivity index (χ3v) is 2.26. The number of rotatable bonds is 8. The van der Waals surface area contributed by atoms with Crippen LogP contribution in [0.25, 0.3) is 0 Å². The van der Waals surface area contributed by atoms with Crippen molar-refractivity contribution in [1.29, 1.82) is 0 Å². The molecule has 0 amide bonds. The van der Waals surface area contributed by atoms with Gasteiger partial charge < -0.3 is 14.2 Å². The minimum atomic E-state index is 0.382. The largest absolute Gasteiger partial charge is 0.385 e. The van der Waals surface area contributed by atoms with Crippen molar-refractivity contribution in [2.45, 2.75) is 38.4 Å². The zero-order chi connectivity index (χ0) is 9.52. The second-order valence-electron chi connectivity index (χ2n) is 3.40. The minimum Gasteiger partial charge on any atom is -0.385 e. The van der Waals surface area contributed by atoms with Crippen LogP contribution in [0.1, 0.15) is 26.2 Å². The van der Waals surface area contributed by atoms with Crippen molar-refractivity contribution >= 4 is 0 Å². The Hall–Kier alpha value is -0.120. The lowest BCUT2D eigenvalue weighted by atomic mass is 10.3. The summed E-state index contributed by atoms with van der Waals surface area (Å²) in [5.41, 5.74) is 0. The van der Waals surface area contributed by atoms with Gasteiger partial charge in [0.15, 0.2) is 0 Å². The van der Waals surface area contributed by atoms with E-state index in [9.17, 15) is 0 Å². The molecule has 1 rings (SSSR count). The summed E-state index contributed by atoms with van der Waals surface area (Å²) in [5, 5.41) is 0. The monoisotopic (exact) mass is 188 g/mol. The van der Waals surface area contributed by atoms with Gasteiger partial charge in [-0.1, -0.05) is 6.92 Å². The molecule has 0 N–H and O–H groups in total. The average molecular weight is 188 g/mol. The van der Waals surface area contributed by atoms with Crippen LogP contribution in [-0.2, 0) is 14.2 Å². The van der Waals surface area contributed by atoms with Crippen molar-refractivity contribution in [3.05, 3.63) is 0 Å². The molecule has 0 aliphatic carbocycles. The molecule has 1 heterocycles. The maximum atomic E-state index is 5.46. The van der Waals surface area contributed by atoms with Crippen LogP contribution in [0.2, 0.25) is 0 Å². The highest BCUT2D eigenvalue weighted by molar-refractivity contribution is 4.82. The molecule has 0 spiro atoms. The summed E-state index contributed by atoms with van der Waals surface area (Å²) in [5.74, 6) is 0. The van der Waals surface area contributed by atoms with Crippen LogP contribution in [-0.4, -0.2) is 39.1 Å². The molecule has 3 nitrogen and oxygen atoms in total. The van der Waals surface area contributed by atoms with E-state index in [1.807, 2.05) is 0 Å². The Bertz CT molecular complexity index is 127. The van der Waals surface area contributed by atoms with E-state index in [4.69, 9.17) is 14.2 Å². The second-order valence-corrected chi connectivity index (χ2v) is 3.40. The van der Waals surface area contributed by atoms with Gasteiger partial charge in [-0.25, -0.2) is 0 Å². The fourth-order valence-corrected chi connectivity index (χ4v) is 1.33. The lowest BCUT2D eigenvalue weighted by molar-refractivity contribution is 0.105. The Labute approximate surface area is 80.4 Å². The zero-order valence-corrected chi connectivity index (χ0v) is 8.62. The van der Waals surface area contributed by atoms with E-state index < -0.39 is 0 Å². The van der Waals surface area contributed by atoms with Gasteiger partial charge in [0.2, 0.25) is 0 Å². The van der Waals surface area contributed by atoms with Gasteiger partial charge in [0.1, 0.15) is 6.10 Å². The van der Waals surface area contributed by atoms with Gasteiger partial charge in [0, 0.05) is 20.3 Å². The fourth-order valence-electron chi connectivity index (χ4n) is 1.33. The summed E-state index contributed by atoms with van der Waals surface area (Å²) >= 11 is 0. The molecule has 0 bridgehead atoms. The Morgan fingerprint density at radius 2 is 1.92 bits per heavy atom. The molecular weight excluding hydrogens is 168 g/mol. The smallest absolute Gasteiger partial charge is 0.107 e. The number of hydrogen-bond acceptors (Lipinski definition) is 3. The highest BCUT2D eigenvalue weighted by Crippen LogP contribution is 2.24. The molecule has 78 valence electrons. The van der Waals surface area contributed by atoms with E-state index in [1.165, 1.54) is 0 Å². The average Bonchev–Trinajstić information content (AvgIpc) is 2.90. The van der Waals surface area contributed by atoms with Crippen molar-refractivity contribution in [2.24, 2.45) is 0 Å². The predicted molar refractivity (Wildman–Crippen MR) is 50.9 cm³/mol. The number of epoxide rings is 1. The van der Waals surface area contributed by atoms with Gasteiger partial charge >= 0.3 is 0 Å². The second kappa shape index (κ2) is 6.35. The first-order valence-corrected chi connectivity index (χ1v) is 5.10. The molecule has 2 unspecified atom stereocenters. The molecule has 1 fully saturated rings. The van der Waals surface area contributed by atoms with Gasteiger partial charge in [-0.3, -0.25) is 0 Å². The van der Waals surface area contributed by atoms with Crippen molar-refractivity contribution in [3.63, 3.8) is 0 Å². The summed E-state index contributed by atoms with van der Waals surface area (Å²) in [6, 6.07) is 0. The summed E-state index contributed by atoms with van der Waals surface area (Å²) in [6.45, 7) is 4.58. The van der Waals surface area contributed by atoms with Crippen LogP contribution in [0.15, 0.2) is 0 Å². The van der Waals surface area contributed by atoms with Crippen LogP contribution in [0.3, 0.4) is 0 Å². The quantitative estimate of drug-likeness (QED) is 0.428. The molecule has 1 aliphatic rings. The lowest BCUT2D eigenvalue weighted by Crippen LogP contribution is -2.06. The molecule has 2 atom stereocenters. The van der Waals surface area contributed by atoms with Crippen LogP contribution in [0.5, 0.6) is 0 Å². The summed E-state index contributed by atoms with van der Waals surface area (Å²) in [7, 11) is 1.73. The van der Waals surface area contributed by atoms with Crippen molar-refractivity contribution in [1.82, 2.24) is 0 Å². The third kappa shape index (κ3) is 4.60. The molecule has 0 saturated carbocycles. The topological polar surface area (TPSA) is 31.0 Å². The van der Waals surface area contributed by atoms with Crippen molar-refractivity contribution < 1.29 is 14.2 Å². The Kier molecular flexibility index (Phi) is 5.35. The molecular formula is C10H20O3. The van der Waals surface area contributed by atoms with Gasteiger partial charge in [-0.2, -0.15) is 0 Å². The molecule has 0 radical (unpaired) electrons. The first kappa shape index (κ1) is 11.0. The van der Waals surface area contributed by atoms with Crippen LogP contribution >= 0.6 is 0 Å².